The predicted octanol–water partition coefficient (Wildman–Crippen LogP) is 3.65. The van der Waals surface area contributed by atoms with Crippen molar-refractivity contribution < 1.29 is 0 Å². The Morgan fingerprint density at radius 2 is 1.93 bits per heavy atom. The van der Waals surface area contributed by atoms with Crippen LogP contribution in [0.1, 0.15) is 5.56 Å². The zero-order valence-electron chi connectivity index (χ0n) is 16.1. The molecule has 0 aliphatic heterocycles. The molecule has 0 aliphatic carbocycles. The Labute approximate surface area is 171 Å². The predicted molar refractivity (Wildman–Crippen MR) is 114 cm³/mol. The number of hydrogen-bond acceptors (Lipinski definition) is 4. The number of aromatic nitrogens is 5. The molecule has 1 N–H and O–H groups in total. The highest BCUT2D eigenvalue weighted by Crippen LogP contribution is 2.27. The van der Waals surface area contributed by atoms with Crippen molar-refractivity contribution in [1.82, 2.24) is 24.1 Å². The van der Waals surface area contributed by atoms with Crippen LogP contribution < -0.4 is 5.69 Å². The number of nitriles is 1. The van der Waals surface area contributed by atoms with E-state index in [1.54, 1.807) is 49.9 Å². The highest BCUT2D eigenvalue weighted by atomic mass is 16.1. The number of benzene rings is 1. The van der Waals surface area contributed by atoms with E-state index in [0.717, 1.165) is 22.2 Å². The molecule has 0 atom stereocenters. The third kappa shape index (κ3) is 2.79. The first-order valence-corrected chi connectivity index (χ1v) is 9.33. The Morgan fingerprint density at radius 1 is 1.07 bits per heavy atom. The van der Waals surface area contributed by atoms with Crippen molar-refractivity contribution >= 4 is 11.0 Å². The first kappa shape index (κ1) is 17.6. The number of pyridine rings is 2. The number of H-pyrrole nitrogens is 1. The number of rotatable bonds is 3. The molecule has 0 saturated heterocycles. The zero-order chi connectivity index (χ0) is 20.7. The van der Waals surface area contributed by atoms with Gasteiger partial charge in [0.1, 0.15) is 11.7 Å². The Bertz CT molecular complexity index is 1500. The molecular formula is C23H16N6O. The molecule has 0 amide bonds. The molecule has 144 valence electrons. The van der Waals surface area contributed by atoms with E-state index >= 15 is 0 Å². The summed E-state index contributed by atoms with van der Waals surface area (Å²) < 4.78 is 3.02. The maximum atomic E-state index is 12.9. The average molecular weight is 392 g/mol. The summed E-state index contributed by atoms with van der Waals surface area (Å²) in [6.07, 6.45) is 7.11. The Kier molecular flexibility index (Phi) is 4.04. The second kappa shape index (κ2) is 6.87. The number of aromatic amines is 1. The summed E-state index contributed by atoms with van der Waals surface area (Å²) in [5.74, 6) is 0. The molecule has 0 unspecified atom stereocenters. The molecule has 7 nitrogen and oxygen atoms in total. The van der Waals surface area contributed by atoms with Crippen molar-refractivity contribution in [3.05, 3.63) is 89.4 Å². The third-order valence-electron chi connectivity index (χ3n) is 5.07. The van der Waals surface area contributed by atoms with E-state index in [0.29, 0.717) is 22.6 Å². The summed E-state index contributed by atoms with van der Waals surface area (Å²) in [5.41, 5.74) is 4.68. The second-order valence-electron chi connectivity index (χ2n) is 6.94. The minimum Gasteiger partial charge on any atom is -0.346 e. The van der Waals surface area contributed by atoms with Crippen LogP contribution in [0.2, 0.25) is 0 Å². The van der Waals surface area contributed by atoms with Crippen LogP contribution in [0.3, 0.4) is 0 Å². The smallest absolute Gasteiger partial charge is 0.333 e. The van der Waals surface area contributed by atoms with Crippen molar-refractivity contribution in [2.24, 2.45) is 7.05 Å². The van der Waals surface area contributed by atoms with E-state index < -0.39 is 0 Å². The summed E-state index contributed by atoms with van der Waals surface area (Å²) in [6, 6.07) is 17.1. The van der Waals surface area contributed by atoms with Gasteiger partial charge >= 0.3 is 5.69 Å². The van der Waals surface area contributed by atoms with Gasteiger partial charge in [-0.05, 0) is 42.0 Å². The molecule has 0 bridgehead atoms. The van der Waals surface area contributed by atoms with Crippen molar-refractivity contribution in [2.45, 2.75) is 0 Å². The lowest BCUT2D eigenvalue weighted by molar-refractivity contribution is 0.823. The minimum atomic E-state index is -0.240. The fraction of sp³-hybridized carbons (Fsp3) is 0.0435. The van der Waals surface area contributed by atoms with Crippen LogP contribution in [-0.2, 0) is 7.05 Å². The largest absolute Gasteiger partial charge is 0.346 e. The molecular weight excluding hydrogens is 376 g/mol. The summed E-state index contributed by atoms with van der Waals surface area (Å²) in [7, 11) is 1.69. The van der Waals surface area contributed by atoms with E-state index in [-0.39, 0.29) is 5.69 Å². The van der Waals surface area contributed by atoms with Crippen molar-refractivity contribution in [2.75, 3.05) is 0 Å². The zero-order valence-corrected chi connectivity index (χ0v) is 16.1. The number of imidazole rings is 1. The van der Waals surface area contributed by atoms with Gasteiger partial charge in [-0.3, -0.25) is 9.55 Å². The Balaban J connectivity index is 1.69. The van der Waals surface area contributed by atoms with E-state index in [1.165, 1.54) is 9.13 Å². The molecule has 4 heterocycles. The lowest BCUT2D eigenvalue weighted by atomic mass is 10.1. The van der Waals surface area contributed by atoms with Gasteiger partial charge in [0, 0.05) is 42.8 Å². The first-order chi connectivity index (χ1) is 14.7. The van der Waals surface area contributed by atoms with Crippen LogP contribution in [0.15, 0.2) is 78.1 Å². The molecule has 0 aliphatic rings. The molecule has 7 heteroatoms. The maximum absolute atomic E-state index is 12.9. The second-order valence-corrected chi connectivity index (χ2v) is 6.94. The van der Waals surface area contributed by atoms with Gasteiger partial charge in [0.2, 0.25) is 0 Å². The standard InChI is InChI=1S/C23H16N6O/c1-28-14-21(29(23(28)30)20-5-3-2-4-17(20)12-24)19-11-15(6-8-25-19)18-10-16-7-9-26-22(16)27-13-18/h2-11,13-14H,1H3,(H,26,27). The lowest BCUT2D eigenvalue weighted by Crippen LogP contribution is -2.22. The SMILES string of the molecule is Cn1cc(-c2cc(-c3cnc4[nH]ccc4c3)ccn2)n(-c2ccccc2C#N)c1=O. The van der Waals surface area contributed by atoms with Gasteiger partial charge in [0.25, 0.3) is 0 Å². The van der Waals surface area contributed by atoms with Crippen molar-refractivity contribution in [3.8, 4) is 34.3 Å². The molecule has 5 rings (SSSR count). The fourth-order valence-electron chi connectivity index (χ4n) is 3.58. The Morgan fingerprint density at radius 3 is 2.80 bits per heavy atom. The molecule has 30 heavy (non-hydrogen) atoms. The quantitative estimate of drug-likeness (QED) is 0.507. The Hall–Kier alpha value is -4.44. The van der Waals surface area contributed by atoms with Crippen LogP contribution in [0, 0.1) is 11.3 Å². The van der Waals surface area contributed by atoms with Crippen LogP contribution >= 0.6 is 0 Å². The highest BCUT2D eigenvalue weighted by Gasteiger charge is 2.17. The van der Waals surface area contributed by atoms with Gasteiger partial charge < -0.3 is 9.55 Å². The van der Waals surface area contributed by atoms with E-state index in [1.807, 2.05) is 24.4 Å². The first-order valence-electron chi connectivity index (χ1n) is 9.33. The normalized spacial score (nSPS) is 10.9. The van der Waals surface area contributed by atoms with Gasteiger partial charge in [-0.2, -0.15) is 5.26 Å². The van der Waals surface area contributed by atoms with Crippen LogP contribution in [0.25, 0.3) is 39.2 Å². The average Bonchev–Trinajstić information content (AvgIpc) is 3.37. The van der Waals surface area contributed by atoms with Crippen molar-refractivity contribution in [1.29, 1.82) is 5.26 Å². The van der Waals surface area contributed by atoms with E-state index in [2.05, 4.69) is 27.1 Å². The van der Waals surface area contributed by atoms with Gasteiger partial charge in [-0.25, -0.2) is 9.78 Å². The van der Waals surface area contributed by atoms with Crippen LogP contribution in [0.4, 0.5) is 0 Å². The van der Waals surface area contributed by atoms with Gasteiger partial charge in [-0.15, -0.1) is 0 Å². The third-order valence-corrected chi connectivity index (χ3v) is 5.07. The van der Waals surface area contributed by atoms with Crippen LogP contribution in [0.5, 0.6) is 0 Å². The number of nitrogens with zero attached hydrogens (tertiary/aromatic N) is 5. The van der Waals surface area contributed by atoms with Gasteiger partial charge in [0.15, 0.2) is 0 Å². The molecule has 0 fully saturated rings. The molecule has 0 spiro atoms. The molecule has 1 aromatic carbocycles. The molecule has 4 aromatic heterocycles. The monoisotopic (exact) mass is 392 g/mol. The molecule has 0 radical (unpaired) electrons. The topological polar surface area (TPSA) is 92.3 Å². The van der Waals surface area contributed by atoms with E-state index in [4.69, 9.17) is 0 Å². The number of hydrogen-bond donors (Lipinski definition) is 1. The van der Waals surface area contributed by atoms with Crippen molar-refractivity contribution in [3.63, 3.8) is 0 Å². The highest BCUT2D eigenvalue weighted by molar-refractivity contribution is 5.82. The van der Waals surface area contributed by atoms with E-state index in [9.17, 15) is 10.1 Å². The maximum Gasteiger partial charge on any atom is 0.333 e. The number of nitrogens with one attached hydrogen (secondary N) is 1. The summed E-state index contributed by atoms with van der Waals surface area (Å²) in [4.78, 5) is 24.9. The number of fused-ring (bicyclic) bond motifs is 1. The van der Waals surface area contributed by atoms with Gasteiger partial charge in [-0.1, -0.05) is 12.1 Å². The fourth-order valence-corrected chi connectivity index (χ4v) is 3.58. The molecule has 5 aromatic rings. The lowest BCUT2D eigenvalue weighted by Gasteiger charge is -2.10. The summed E-state index contributed by atoms with van der Waals surface area (Å²) >= 11 is 0. The van der Waals surface area contributed by atoms with Crippen LogP contribution in [-0.4, -0.2) is 24.1 Å². The summed E-state index contributed by atoms with van der Waals surface area (Å²) in [5, 5.41) is 10.5. The minimum absolute atomic E-state index is 0.240. The number of para-hydroxylation sites is 1. The molecule has 0 saturated carbocycles. The number of aryl methyl sites for hydroxylation is 1. The summed E-state index contributed by atoms with van der Waals surface area (Å²) in [6.45, 7) is 0. The van der Waals surface area contributed by atoms with Gasteiger partial charge in [0.05, 0.1) is 22.6 Å².